The molecule has 0 fully saturated rings. The monoisotopic (exact) mass is 280 g/mol. The van der Waals surface area contributed by atoms with Gasteiger partial charge in [-0.1, -0.05) is 37.6 Å². The number of hydrogen-bond acceptors (Lipinski definition) is 4. The number of ketones is 2. The zero-order valence-corrected chi connectivity index (χ0v) is 11.8. The first-order chi connectivity index (χ1) is 10.1. The van der Waals surface area contributed by atoms with E-state index in [1.807, 2.05) is 6.92 Å². The molecule has 2 aromatic carbocycles. The zero-order chi connectivity index (χ0) is 15.1. The van der Waals surface area contributed by atoms with Crippen LogP contribution in [-0.4, -0.2) is 11.6 Å². The van der Waals surface area contributed by atoms with Crippen molar-refractivity contribution in [3.63, 3.8) is 0 Å². The summed E-state index contributed by atoms with van der Waals surface area (Å²) >= 11 is 0. The van der Waals surface area contributed by atoms with E-state index >= 15 is 0 Å². The van der Waals surface area contributed by atoms with Gasteiger partial charge in [0.15, 0.2) is 11.6 Å². The Hall–Kier alpha value is -2.62. The van der Waals surface area contributed by atoms with Crippen LogP contribution in [0.2, 0.25) is 0 Å². The second kappa shape index (κ2) is 4.74. The molecule has 0 saturated heterocycles. The van der Waals surface area contributed by atoms with Gasteiger partial charge in [0.25, 0.3) is 0 Å². The van der Waals surface area contributed by atoms with E-state index in [1.54, 1.807) is 30.3 Å². The lowest BCUT2D eigenvalue weighted by Crippen LogP contribution is -2.24. The predicted molar refractivity (Wildman–Crippen MR) is 82.6 cm³/mol. The van der Waals surface area contributed by atoms with E-state index in [0.29, 0.717) is 22.5 Å². The molecule has 0 atom stereocenters. The van der Waals surface area contributed by atoms with E-state index in [-0.39, 0.29) is 22.7 Å². The second-order valence-corrected chi connectivity index (χ2v) is 5.24. The van der Waals surface area contributed by atoms with Gasteiger partial charge in [-0.05, 0) is 18.1 Å². The summed E-state index contributed by atoms with van der Waals surface area (Å²) in [4.78, 5) is 25.3. The molecule has 0 spiro atoms. The number of fused-ring (bicyclic) bond motifs is 2. The summed E-state index contributed by atoms with van der Waals surface area (Å²) in [6.45, 7) is 2.03. The van der Waals surface area contributed by atoms with Crippen molar-refractivity contribution in [3.8, 4) is 0 Å². The number of carbonyl (C=O) groups excluding carboxylic acids is 2. The van der Waals surface area contributed by atoms with Crippen molar-refractivity contribution in [1.82, 2.24) is 0 Å². The average Bonchev–Trinajstić information content (AvgIpc) is 2.48. The fourth-order valence-corrected chi connectivity index (χ4v) is 2.88. The van der Waals surface area contributed by atoms with Crippen molar-refractivity contribution in [2.75, 3.05) is 11.5 Å². The van der Waals surface area contributed by atoms with Gasteiger partial charge in [-0.2, -0.15) is 0 Å². The third kappa shape index (κ3) is 1.83. The van der Waals surface area contributed by atoms with Gasteiger partial charge in [0, 0.05) is 22.5 Å². The van der Waals surface area contributed by atoms with Gasteiger partial charge in [-0.3, -0.25) is 9.59 Å². The molecule has 0 saturated carbocycles. The van der Waals surface area contributed by atoms with E-state index in [9.17, 15) is 9.59 Å². The van der Waals surface area contributed by atoms with Gasteiger partial charge in [0.1, 0.15) is 0 Å². The Bertz CT molecular complexity index is 779. The number of rotatable bonds is 2. The van der Waals surface area contributed by atoms with Crippen LogP contribution in [-0.2, 0) is 6.42 Å². The van der Waals surface area contributed by atoms with Crippen LogP contribution in [0.4, 0.5) is 11.4 Å². The molecule has 0 unspecified atom stereocenters. The number of hydrogen-bond donors (Lipinski definition) is 2. The minimum atomic E-state index is -0.229. The van der Waals surface area contributed by atoms with Crippen molar-refractivity contribution in [1.29, 1.82) is 0 Å². The van der Waals surface area contributed by atoms with Crippen molar-refractivity contribution in [3.05, 3.63) is 58.1 Å². The van der Waals surface area contributed by atoms with Crippen LogP contribution in [0.15, 0.2) is 30.3 Å². The van der Waals surface area contributed by atoms with Crippen LogP contribution in [0.25, 0.3) is 0 Å². The summed E-state index contributed by atoms with van der Waals surface area (Å²) in [5.74, 6) is -0.449. The van der Waals surface area contributed by atoms with E-state index in [1.165, 1.54) is 0 Å². The van der Waals surface area contributed by atoms with Crippen LogP contribution >= 0.6 is 0 Å². The van der Waals surface area contributed by atoms with E-state index in [4.69, 9.17) is 11.5 Å². The first kappa shape index (κ1) is 13.4. The highest BCUT2D eigenvalue weighted by molar-refractivity contribution is 6.31. The molecule has 106 valence electrons. The highest BCUT2D eigenvalue weighted by Gasteiger charge is 2.33. The van der Waals surface area contributed by atoms with Gasteiger partial charge in [-0.15, -0.1) is 0 Å². The van der Waals surface area contributed by atoms with Crippen molar-refractivity contribution >= 4 is 22.9 Å². The van der Waals surface area contributed by atoms with Crippen LogP contribution in [0.1, 0.15) is 50.8 Å². The van der Waals surface area contributed by atoms with Gasteiger partial charge >= 0.3 is 0 Å². The Labute approximate surface area is 122 Å². The molecule has 0 radical (unpaired) electrons. The zero-order valence-electron chi connectivity index (χ0n) is 11.8. The van der Waals surface area contributed by atoms with E-state index in [0.717, 1.165) is 18.4 Å². The third-order valence-corrected chi connectivity index (χ3v) is 3.87. The van der Waals surface area contributed by atoms with Crippen LogP contribution in [0.3, 0.4) is 0 Å². The molecule has 1 aliphatic rings. The SMILES string of the molecule is CCCc1cc(N)c2c(c1N)C(=O)c1ccccc1C2=O. The van der Waals surface area contributed by atoms with Gasteiger partial charge in [0.2, 0.25) is 0 Å². The van der Waals surface area contributed by atoms with Crippen molar-refractivity contribution in [2.45, 2.75) is 19.8 Å². The first-order valence-electron chi connectivity index (χ1n) is 6.95. The maximum atomic E-state index is 12.7. The van der Waals surface area contributed by atoms with E-state index in [2.05, 4.69) is 0 Å². The molecule has 4 nitrogen and oxygen atoms in total. The molecule has 3 rings (SSSR count). The Morgan fingerprint density at radius 3 is 2.10 bits per heavy atom. The summed E-state index contributed by atoms with van der Waals surface area (Å²) in [7, 11) is 0. The predicted octanol–water partition coefficient (Wildman–Crippen LogP) is 2.58. The highest BCUT2D eigenvalue weighted by atomic mass is 16.1. The molecule has 0 aromatic heterocycles. The molecular weight excluding hydrogens is 264 g/mol. The van der Waals surface area contributed by atoms with Crippen molar-refractivity contribution in [2.24, 2.45) is 0 Å². The number of carbonyl (C=O) groups is 2. The summed E-state index contributed by atoms with van der Waals surface area (Å²) < 4.78 is 0. The highest BCUT2D eigenvalue weighted by Crippen LogP contribution is 2.36. The lowest BCUT2D eigenvalue weighted by atomic mass is 9.81. The standard InChI is InChI=1S/C17H16N2O2/c1-2-5-9-8-12(18)13-14(15(9)19)17(21)11-7-4-3-6-10(11)16(13)20/h3-4,6-8H,2,5,18-19H2,1H3. The molecular formula is C17H16N2O2. The average molecular weight is 280 g/mol. The normalized spacial score (nSPS) is 13.0. The van der Waals surface area contributed by atoms with Crippen LogP contribution in [0.5, 0.6) is 0 Å². The number of nitrogens with two attached hydrogens (primary N) is 2. The Morgan fingerprint density at radius 1 is 0.952 bits per heavy atom. The van der Waals surface area contributed by atoms with Gasteiger partial charge in [0.05, 0.1) is 11.1 Å². The second-order valence-electron chi connectivity index (χ2n) is 5.24. The van der Waals surface area contributed by atoms with Gasteiger partial charge in [-0.25, -0.2) is 0 Å². The first-order valence-corrected chi connectivity index (χ1v) is 6.95. The molecule has 21 heavy (non-hydrogen) atoms. The fraction of sp³-hybridized carbons (Fsp3) is 0.176. The minimum absolute atomic E-state index is 0.220. The maximum absolute atomic E-state index is 12.7. The summed E-state index contributed by atoms with van der Waals surface area (Å²) in [5, 5.41) is 0. The summed E-state index contributed by atoms with van der Waals surface area (Å²) in [5.41, 5.74) is 15.0. The maximum Gasteiger partial charge on any atom is 0.196 e. The smallest absolute Gasteiger partial charge is 0.196 e. The van der Waals surface area contributed by atoms with Crippen molar-refractivity contribution < 1.29 is 9.59 Å². The Kier molecular flexibility index (Phi) is 3.01. The lowest BCUT2D eigenvalue weighted by molar-refractivity contribution is 0.0980. The third-order valence-electron chi connectivity index (χ3n) is 3.87. The van der Waals surface area contributed by atoms with Crippen LogP contribution in [0, 0.1) is 0 Å². The molecule has 0 aliphatic heterocycles. The van der Waals surface area contributed by atoms with Crippen LogP contribution < -0.4 is 11.5 Å². The molecule has 4 N–H and O–H groups in total. The fourth-order valence-electron chi connectivity index (χ4n) is 2.88. The molecule has 0 heterocycles. The van der Waals surface area contributed by atoms with E-state index < -0.39 is 0 Å². The van der Waals surface area contributed by atoms with Gasteiger partial charge < -0.3 is 11.5 Å². The molecule has 1 aliphatic carbocycles. The number of anilines is 2. The quantitative estimate of drug-likeness (QED) is 0.706. The Balaban J connectivity index is 2.32. The molecule has 4 heteroatoms. The summed E-state index contributed by atoms with van der Waals surface area (Å²) in [6, 6.07) is 8.50. The number of benzene rings is 2. The Morgan fingerprint density at radius 2 is 1.52 bits per heavy atom. The molecule has 2 aromatic rings. The lowest BCUT2D eigenvalue weighted by Gasteiger charge is -2.22. The minimum Gasteiger partial charge on any atom is -0.398 e. The largest absolute Gasteiger partial charge is 0.398 e. The summed E-state index contributed by atoms with van der Waals surface area (Å²) in [6.07, 6.45) is 1.62. The molecule has 0 bridgehead atoms. The topological polar surface area (TPSA) is 86.2 Å². The molecule has 0 amide bonds. The number of aryl methyl sites for hydroxylation is 1. The number of nitrogen functional groups attached to an aromatic ring is 2.